The third-order valence-corrected chi connectivity index (χ3v) is 3.10. The Hall–Kier alpha value is -2.50. The molecule has 0 unspecified atom stereocenters. The zero-order chi connectivity index (χ0) is 14.7. The molecule has 2 N–H and O–H groups in total. The van der Waals surface area contributed by atoms with Crippen molar-refractivity contribution >= 4 is 11.6 Å². The van der Waals surface area contributed by atoms with Crippen LogP contribution in [0.4, 0.5) is 5.69 Å². The van der Waals surface area contributed by atoms with Crippen molar-refractivity contribution in [1.82, 2.24) is 14.7 Å². The van der Waals surface area contributed by atoms with Crippen LogP contribution in [-0.2, 0) is 13.6 Å². The Kier molecular flexibility index (Phi) is 3.93. The van der Waals surface area contributed by atoms with Gasteiger partial charge in [0.15, 0.2) is 0 Å². The van der Waals surface area contributed by atoms with Crippen molar-refractivity contribution in [2.24, 2.45) is 7.05 Å². The number of hydrogen-bond acceptors (Lipinski definition) is 4. The molecule has 0 aliphatic carbocycles. The van der Waals surface area contributed by atoms with Gasteiger partial charge in [-0.2, -0.15) is 5.10 Å². The molecule has 1 heterocycles. The van der Waals surface area contributed by atoms with Crippen LogP contribution in [0.2, 0.25) is 0 Å². The second kappa shape index (κ2) is 5.64. The van der Waals surface area contributed by atoms with Crippen LogP contribution < -0.4 is 10.5 Å². The smallest absolute Gasteiger partial charge is 0.274 e. The maximum Gasteiger partial charge on any atom is 0.274 e. The number of anilines is 1. The molecule has 0 radical (unpaired) electrons. The fourth-order valence-electron chi connectivity index (χ4n) is 1.97. The minimum Gasteiger partial charge on any atom is -0.497 e. The van der Waals surface area contributed by atoms with E-state index in [4.69, 9.17) is 10.5 Å². The summed E-state index contributed by atoms with van der Waals surface area (Å²) in [6.45, 7) is 0.493. The van der Waals surface area contributed by atoms with Crippen LogP contribution in [0.3, 0.4) is 0 Å². The molecule has 0 aliphatic heterocycles. The van der Waals surface area contributed by atoms with Crippen LogP contribution >= 0.6 is 0 Å². The average Bonchev–Trinajstić information content (AvgIpc) is 2.78. The molecule has 1 amide bonds. The van der Waals surface area contributed by atoms with Crippen LogP contribution in [0, 0.1) is 0 Å². The fourth-order valence-corrected chi connectivity index (χ4v) is 1.97. The van der Waals surface area contributed by atoms with Gasteiger partial charge in [-0.3, -0.25) is 9.48 Å². The van der Waals surface area contributed by atoms with E-state index in [1.807, 2.05) is 24.3 Å². The minimum atomic E-state index is -0.154. The average molecular weight is 274 g/mol. The van der Waals surface area contributed by atoms with E-state index in [-0.39, 0.29) is 5.91 Å². The third kappa shape index (κ3) is 2.74. The summed E-state index contributed by atoms with van der Waals surface area (Å²) in [4.78, 5) is 13.9. The molecular weight excluding hydrogens is 256 g/mol. The molecule has 0 spiro atoms. The lowest BCUT2D eigenvalue weighted by Gasteiger charge is -2.18. The lowest BCUT2D eigenvalue weighted by Crippen LogP contribution is -2.28. The number of amides is 1. The number of carbonyl (C=O) groups excluding carboxylic acids is 1. The van der Waals surface area contributed by atoms with Crippen molar-refractivity contribution in [2.75, 3.05) is 19.9 Å². The quantitative estimate of drug-likeness (QED) is 0.911. The first-order chi connectivity index (χ1) is 9.52. The van der Waals surface area contributed by atoms with E-state index in [2.05, 4.69) is 5.10 Å². The van der Waals surface area contributed by atoms with Gasteiger partial charge in [-0.25, -0.2) is 0 Å². The van der Waals surface area contributed by atoms with Gasteiger partial charge in [0.25, 0.3) is 5.91 Å². The lowest BCUT2D eigenvalue weighted by atomic mass is 10.2. The van der Waals surface area contributed by atoms with Crippen molar-refractivity contribution in [3.63, 3.8) is 0 Å². The number of hydrogen-bond donors (Lipinski definition) is 1. The summed E-state index contributed by atoms with van der Waals surface area (Å²) in [6, 6.07) is 7.59. The van der Waals surface area contributed by atoms with E-state index in [1.54, 1.807) is 26.1 Å². The van der Waals surface area contributed by atoms with Crippen LogP contribution in [-0.4, -0.2) is 34.7 Å². The molecule has 1 aromatic heterocycles. The Balaban J connectivity index is 2.11. The van der Waals surface area contributed by atoms with Gasteiger partial charge in [-0.05, 0) is 17.7 Å². The number of aryl methyl sites for hydroxylation is 1. The van der Waals surface area contributed by atoms with E-state index in [1.165, 1.54) is 10.9 Å². The molecular formula is C14H18N4O2. The Morgan fingerprint density at radius 2 is 2.05 bits per heavy atom. The van der Waals surface area contributed by atoms with Crippen LogP contribution in [0.1, 0.15) is 16.1 Å². The number of rotatable bonds is 4. The summed E-state index contributed by atoms with van der Waals surface area (Å²) in [5.41, 5.74) is 7.57. The second-order valence-corrected chi connectivity index (χ2v) is 4.58. The topological polar surface area (TPSA) is 73.4 Å². The van der Waals surface area contributed by atoms with Gasteiger partial charge in [-0.15, -0.1) is 0 Å². The highest BCUT2D eigenvalue weighted by Crippen LogP contribution is 2.16. The fraction of sp³-hybridized carbons (Fsp3) is 0.286. The first kappa shape index (κ1) is 13.9. The molecule has 0 fully saturated rings. The van der Waals surface area contributed by atoms with Crippen molar-refractivity contribution in [3.05, 3.63) is 41.7 Å². The van der Waals surface area contributed by atoms with Crippen molar-refractivity contribution in [1.29, 1.82) is 0 Å². The molecule has 106 valence electrons. The summed E-state index contributed by atoms with van der Waals surface area (Å²) >= 11 is 0. The van der Waals surface area contributed by atoms with Gasteiger partial charge in [0, 0.05) is 20.6 Å². The van der Waals surface area contributed by atoms with Gasteiger partial charge in [0.2, 0.25) is 0 Å². The SMILES string of the molecule is COc1ccc(CN(C)C(=O)c2c(N)cnn2C)cc1. The largest absolute Gasteiger partial charge is 0.497 e. The van der Waals surface area contributed by atoms with Gasteiger partial charge >= 0.3 is 0 Å². The van der Waals surface area contributed by atoms with E-state index >= 15 is 0 Å². The normalized spacial score (nSPS) is 10.3. The number of carbonyl (C=O) groups is 1. The molecule has 0 bridgehead atoms. The van der Waals surface area contributed by atoms with Gasteiger partial charge in [0.1, 0.15) is 11.4 Å². The number of benzene rings is 1. The van der Waals surface area contributed by atoms with E-state index in [9.17, 15) is 4.79 Å². The molecule has 0 saturated carbocycles. The van der Waals surface area contributed by atoms with Gasteiger partial charge in [0.05, 0.1) is 19.0 Å². The molecule has 1 aromatic carbocycles. The number of nitrogen functional groups attached to an aromatic ring is 1. The number of methoxy groups -OCH3 is 1. The Bertz CT molecular complexity index is 585. The summed E-state index contributed by atoms with van der Waals surface area (Å²) in [6.07, 6.45) is 1.48. The lowest BCUT2D eigenvalue weighted by molar-refractivity contribution is 0.0775. The zero-order valence-corrected chi connectivity index (χ0v) is 11.8. The van der Waals surface area contributed by atoms with Crippen molar-refractivity contribution < 1.29 is 9.53 Å². The molecule has 20 heavy (non-hydrogen) atoms. The highest BCUT2D eigenvalue weighted by atomic mass is 16.5. The third-order valence-electron chi connectivity index (χ3n) is 3.10. The van der Waals surface area contributed by atoms with Gasteiger partial charge < -0.3 is 15.4 Å². The maximum absolute atomic E-state index is 12.3. The zero-order valence-electron chi connectivity index (χ0n) is 11.8. The monoisotopic (exact) mass is 274 g/mol. The highest BCUT2D eigenvalue weighted by Gasteiger charge is 2.19. The van der Waals surface area contributed by atoms with Crippen LogP contribution in [0.5, 0.6) is 5.75 Å². The first-order valence-electron chi connectivity index (χ1n) is 6.18. The predicted octanol–water partition coefficient (Wildman–Crippen LogP) is 1.28. The first-order valence-corrected chi connectivity index (χ1v) is 6.18. The van der Waals surface area contributed by atoms with Crippen LogP contribution in [0.25, 0.3) is 0 Å². The molecule has 6 heteroatoms. The summed E-state index contributed by atoms with van der Waals surface area (Å²) in [7, 11) is 5.06. The van der Waals surface area contributed by atoms with Crippen LogP contribution in [0.15, 0.2) is 30.5 Å². The standard InChI is InChI=1S/C14H18N4O2/c1-17(9-10-4-6-11(20-3)7-5-10)14(19)13-12(15)8-16-18(13)2/h4-8H,9,15H2,1-3H3. The molecule has 0 atom stereocenters. The van der Waals surface area contributed by atoms with E-state index in [0.29, 0.717) is 17.9 Å². The molecule has 6 nitrogen and oxygen atoms in total. The second-order valence-electron chi connectivity index (χ2n) is 4.58. The molecule has 0 saturated heterocycles. The summed E-state index contributed by atoms with van der Waals surface area (Å²) < 4.78 is 6.59. The Morgan fingerprint density at radius 1 is 1.40 bits per heavy atom. The number of nitrogens with zero attached hydrogens (tertiary/aromatic N) is 3. The summed E-state index contributed by atoms with van der Waals surface area (Å²) in [5, 5.41) is 3.98. The molecule has 2 aromatic rings. The predicted molar refractivity (Wildman–Crippen MR) is 76.4 cm³/mol. The Morgan fingerprint density at radius 3 is 2.55 bits per heavy atom. The van der Waals surface area contributed by atoms with Gasteiger partial charge in [-0.1, -0.05) is 12.1 Å². The maximum atomic E-state index is 12.3. The van der Waals surface area contributed by atoms with E-state index < -0.39 is 0 Å². The minimum absolute atomic E-state index is 0.154. The Labute approximate surface area is 117 Å². The van der Waals surface area contributed by atoms with E-state index in [0.717, 1.165) is 11.3 Å². The summed E-state index contributed by atoms with van der Waals surface area (Å²) in [5.74, 6) is 0.636. The number of aromatic nitrogens is 2. The van der Waals surface area contributed by atoms with Crippen molar-refractivity contribution in [3.8, 4) is 5.75 Å². The molecule has 0 aliphatic rings. The number of nitrogens with two attached hydrogens (primary N) is 1. The molecule has 2 rings (SSSR count). The highest BCUT2D eigenvalue weighted by molar-refractivity contribution is 5.97. The van der Waals surface area contributed by atoms with Crippen molar-refractivity contribution in [2.45, 2.75) is 6.54 Å². The number of ether oxygens (including phenoxy) is 1.